The van der Waals surface area contributed by atoms with Crippen molar-refractivity contribution in [2.75, 3.05) is 5.32 Å². The molecule has 0 spiro atoms. The Morgan fingerprint density at radius 2 is 1.89 bits per heavy atom. The average Bonchev–Trinajstić information content (AvgIpc) is 3.03. The van der Waals surface area contributed by atoms with Gasteiger partial charge in [-0.15, -0.1) is 0 Å². The molecule has 3 rings (SSSR count). The summed E-state index contributed by atoms with van der Waals surface area (Å²) in [6.07, 6.45) is 9.15. The second kappa shape index (κ2) is 9.31. The van der Waals surface area contributed by atoms with E-state index in [1.165, 1.54) is 37.8 Å². The van der Waals surface area contributed by atoms with Crippen molar-refractivity contribution >= 4 is 17.4 Å². The number of halogens is 1. The number of imidazole rings is 1. The molecule has 0 saturated heterocycles. The quantitative estimate of drug-likeness (QED) is 0.484. The van der Waals surface area contributed by atoms with Crippen LogP contribution in [0.4, 0.5) is 10.2 Å². The van der Waals surface area contributed by atoms with E-state index < -0.39 is 0 Å². The van der Waals surface area contributed by atoms with Gasteiger partial charge in [0, 0.05) is 18.2 Å². The molecule has 27 heavy (non-hydrogen) atoms. The molecule has 0 fully saturated rings. The van der Waals surface area contributed by atoms with Gasteiger partial charge in [0.2, 0.25) is 5.91 Å². The third-order valence-corrected chi connectivity index (χ3v) is 4.64. The molecule has 0 aliphatic heterocycles. The summed E-state index contributed by atoms with van der Waals surface area (Å²) in [5, 5.41) is 2.99. The maximum absolute atomic E-state index is 13.7. The lowest BCUT2D eigenvalue weighted by atomic mass is 10.1. The lowest BCUT2D eigenvalue weighted by Crippen LogP contribution is -2.13. The first kappa shape index (κ1) is 19.1. The van der Waals surface area contributed by atoms with Crippen molar-refractivity contribution in [1.82, 2.24) is 9.38 Å². The summed E-state index contributed by atoms with van der Waals surface area (Å²) < 4.78 is 15.5. The van der Waals surface area contributed by atoms with Crippen LogP contribution >= 0.6 is 0 Å². The Morgan fingerprint density at radius 3 is 2.70 bits per heavy atom. The average molecular weight is 367 g/mol. The zero-order valence-corrected chi connectivity index (χ0v) is 15.7. The van der Waals surface area contributed by atoms with E-state index in [4.69, 9.17) is 0 Å². The molecule has 0 bridgehead atoms. The summed E-state index contributed by atoms with van der Waals surface area (Å²) in [6, 6.07) is 11.9. The van der Waals surface area contributed by atoms with Crippen LogP contribution in [0.3, 0.4) is 0 Å². The van der Waals surface area contributed by atoms with Crippen LogP contribution < -0.4 is 5.32 Å². The number of rotatable bonds is 9. The molecule has 142 valence electrons. The van der Waals surface area contributed by atoms with Gasteiger partial charge in [-0.25, -0.2) is 9.37 Å². The number of fused-ring (bicyclic) bond motifs is 1. The first-order valence-corrected chi connectivity index (χ1v) is 9.72. The molecule has 1 N–H and O–H groups in total. The van der Waals surface area contributed by atoms with Crippen LogP contribution in [0.1, 0.15) is 51.9 Å². The second-order valence-corrected chi connectivity index (χ2v) is 6.81. The van der Waals surface area contributed by atoms with Gasteiger partial charge in [0.15, 0.2) is 0 Å². The number of benzene rings is 1. The summed E-state index contributed by atoms with van der Waals surface area (Å²) in [5.74, 6) is 0.231. The van der Waals surface area contributed by atoms with Gasteiger partial charge in [-0.05, 0) is 30.7 Å². The molecule has 0 radical (unpaired) electrons. The highest BCUT2D eigenvalue weighted by Gasteiger charge is 2.16. The zero-order chi connectivity index (χ0) is 19.1. The van der Waals surface area contributed by atoms with Crippen molar-refractivity contribution in [3.05, 3.63) is 54.5 Å². The molecule has 2 aromatic heterocycles. The number of unbranched alkanes of at least 4 members (excludes halogenated alkanes) is 5. The van der Waals surface area contributed by atoms with E-state index >= 15 is 0 Å². The third kappa shape index (κ3) is 4.94. The molecule has 0 unspecified atom stereocenters. The van der Waals surface area contributed by atoms with E-state index in [1.54, 1.807) is 12.1 Å². The second-order valence-electron chi connectivity index (χ2n) is 6.81. The van der Waals surface area contributed by atoms with E-state index in [2.05, 4.69) is 17.2 Å². The Balaban J connectivity index is 1.75. The number of aromatic nitrogens is 2. The van der Waals surface area contributed by atoms with Gasteiger partial charge in [0.05, 0.1) is 0 Å². The lowest BCUT2D eigenvalue weighted by Gasteiger charge is -2.08. The lowest BCUT2D eigenvalue weighted by molar-refractivity contribution is -0.116. The normalized spacial score (nSPS) is 11.0. The van der Waals surface area contributed by atoms with Crippen LogP contribution in [0.2, 0.25) is 0 Å². The Labute approximate surface area is 159 Å². The number of anilines is 1. The van der Waals surface area contributed by atoms with Crippen molar-refractivity contribution < 1.29 is 9.18 Å². The van der Waals surface area contributed by atoms with Crippen LogP contribution in [-0.4, -0.2) is 15.3 Å². The molecule has 0 aliphatic carbocycles. The molecule has 3 aromatic rings. The summed E-state index contributed by atoms with van der Waals surface area (Å²) in [5.41, 5.74) is 1.94. The fraction of sp³-hybridized carbons (Fsp3) is 0.364. The number of pyridine rings is 1. The largest absolute Gasteiger partial charge is 0.310 e. The highest BCUT2D eigenvalue weighted by atomic mass is 19.1. The van der Waals surface area contributed by atoms with E-state index in [0.29, 0.717) is 29.1 Å². The van der Waals surface area contributed by atoms with Crippen LogP contribution in [0.5, 0.6) is 0 Å². The number of amides is 1. The standard InChI is InChI=1S/C22H26FN3O/c1-2-3-4-5-6-7-14-20(27)25-22-21(17-11-10-12-18(23)16-17)24-19-13-8-9-15-26(19)22/h8-13,15-16H,2-7,14H2,1H3,(H,25,27). The van der Waals surface area contributed by atoms with Crippen LogP contribution in [0.15, 0.2) is 48.7 Å². The van der Waals surface area contributed by atoms with Crippen molar-refractivity contribution in [1.29, 1.82) is 0 Å². The SMILES string of the molecule is CCCCCCCCC(=O)Nc1c(-c2cccc(F)c2)nc2ccccn12. The Bertz CT molecular complexity index is 903. The molecular formula is C22H26FN3O. The molecule has 0 saturated carbocycles. The van der Waals surface area contributed by atoms with E-state index in [-0.39, 0.29) is 11.7 Å². The number of nitrogens with zero attached hydrogens (tertiary/aromatic N) is 2. The minimum atomic E-state index is -0.325. The maximum Gasteiger partial charge on any atom is 0.225 e. The van der Waals surface area contributed by atoms with Crippen molar-refractivity contribution in [2.24, 2.45) is 0 Å². The van der Waals surface area contributed by atoms with E-state index in [9.17, 15) is 9.18 Å². The highest BCUT2D eigenvalue weighted by molar-refractivity contribution is 5.94. The molecule has 2 heterocycles. The first-order chi connectivity index (χ1) is 13.2. The fourth-order valence-corrected chi connectivity index (χ4v) is 3.21. The molecule has 1 aromatic carbocycles. The van der Waals surface area contributed by atoms with Crippen LogP contribution in [0.25, 0.3) is 16.9 Å². The van der Waals surface area contributed by atoms with Gasteiger partial charge in [0.1, 0.15) is 23.0 Å². The number of hydrogen-bond acceptors (Lipinski definition) is 2. The van der Waals surface area contributed by atoms with Gasteiger partial charge < -0.3 is 5.32 Å². The predicted octanol–water partition coefficient (Wildman–Crippen LogP) is 5.83. The topological polar surface area (TPSA) is 46.4 Å². The minimum Gasteiger partial charge on any atom is -0.310 e. The Hall–Kier alpha value is -2.69. The highest BCUT2D eigenvalue weighted by Crippen LogP contribution is 2.29. The molecular weight excluding hydrogens is 341 g/mol. The van der Waals surface area contributed by atoms with Gasteiger partial charge >= 0.3 is 0 Å². The number of carbonyl (C=O) groups excluding carboxylic acids is 1. The van der Waals surface area contributed by atoms with Crippen molar-refractivity contribution in [3.8, 4) is 11.3 Å². The van der Waals surface area contributed by atoms with Gasteiger partial charge in [-0.3, -0.25) is 9.20 Å². The number of carbonyl (C=O) groups is 1. The molecule has 4 nitrogen and oxygen atoms in total. The van der Waals surface area contributed by atoms with Crippen molar-refractivity contribution in [3.63, 3.8) is 0 Å². The molecule has 5 heteroatoms. The summed E-state index contributed by atoms with van der Waals surface area (Å²) >= 11 is 0. The summed E-state index contributed by atoms with van der Waals surface area (Å²) in [4.78, 5) is 17.1. The summed E-state index contributed by atoms with van der Waals surface area (Å²) in [6.45, 7) is 2.19. The van der Waals surface area contributed by atoms with Crippen LogP contribution in [0, 0.1) is 5.82 Å². The molecule has 0 aliphatic rings. The first-order valence-electron chi connectivity index (χ1n) is 9.72. The van der Waals surface area contributed by atoms with E-state index in [1.807, 2.05) is 28.8 Å². The smallest absolute Gasteiger partial charge is 0.225 e. The molecule has 1 amide bonds. The van der Waals surface area contributed by atoms with Crippen LogP contribution in [-0.2, 0) is 4.79 Å². The summed E-state index contributed by atoms with van der Waals surface area (Å²) in [7, 11) is 0. The zero-order valence-electron chi connectivity index (χ0n) is 15.7. The monoisotopic (exact) mass is 367 g/mol. The Kier molecular flexibility index (Phi) is 6.58. The molecule has 0 atom stereocenters. The number of hydrogen-bond donors (Lipinski definition) is 1. The van der Waals surface area contributed by atoms with E-state index in [0.717, 1.165) is 12.8 Å². The fourth-order valence-electron chi connectivity index (χ4n) is 3.21. The maximum atomic E-state index is 13.7. The minimum absolute atomic E-state index is 0.0335. The van der Waals surface area contributed by atoms with Crippen molar-refractivity contribution in [2.45, 2.75) is 51.9 Å². The van der Waals surface area contributed by atoms with Gasteiger partial charge in [-0.1, -0.05) is 57.2 Å². The van der Waals surface area contributed by atoms with Gasteiger partial charge in [0.25, 0.3) is 0 Å². The van der Waals surface area contributed by atoms with Gasteiger partial charge in [-0.2, -0.15) is 0 Å². The number of nitrogens with one attached hydrogen (secondary N) is 1. The Morgan fingerprint density at radius 1 is 1.07 bits per heavy atom. The predicted molar refractivity (Wildman–Crippen MR) is 107 cm³/mol. The third-order valence-electron chi connectivity index (χ3n) is 4.64.